The van der Waals surface area contributed by atoms with E-state index in [1.54, 1.807) is 24.4 Å². The molecule has 0 aliphatic rings. The molecule has 7 heteroatoms. The number of thiazole rings is 1. The van der Waals surface area contributed by atoms with Gasteiger partial charge in [-0.25, -0.2) is 9.37 Å². The van der Waals surface area contributed by atoms with Gasteiger partial charge in [-0.2, -0.15) is 5.10 Å². The molecule has 4 nitrogen and oxygen atoms in total. The summed E-state index contributed by atoms with van der Waals surface area (Å²) in [5, 5.41) is 6.18. The van der Waals surface area contributed by atoms with Gasteiger partial charge >= 0.3 is 0 Å². The van der Waals surface area contributed by atoms with Gasteiger partial charge in [0.05, 0.1) is 6.21 Å². The standard InChI is InChI=1S/C11H10BrFN4S/c1-6-8(12)3-2-7(10(6)13)4-15-17-11-16-9(14)5-18-11/h2-5H,14H2,1H3,(H,16,17). The van der Waals surface area contributed by atoms with E-state index in [0.717, 1.165) is 4.47 Å². The van der Waals surface area contributed by atoms with E-state index in [-0.39, 0.29) is 5.82 Å². The van der Waals surface area contributed by atoms with Crippen molar-refractivity contribution in [1.29, 1.82) is 0 Å². The average molecular weight is 329 g/mol. The molecule has 94 valence electrons. The first-order valence-electron chi connectivity index (χ1n) is 5.02. The molecule has 1 aromatic heterocycles. The number of nitrogens with one attached hydrogen (secondary N) is 1. The van der Waals surface area contributed by atoms with E-state index in [1.807, 2.05) is 0 Å². The summed E-state index contributed by atoms with van der Waals surface area (Å²) in [6, 6.07) is 3.43. The van der Waals surface area contributed by atoms with Crippen LogP contribution >= 0.6 is 27.3 Å². The number of nitrogen functional groups attached to an aromatic ring is 1. The molecule has 0 spiro atoms. The lowest BCUT2D eigenvalue weighted by Gasteiger charge is -2.02. The molecule has 2 rings (SSSR count). The molecule has 0 radical (unpaired) electrons. The first-order chi connectivity index (χ1) is 8.58. The fourth-order valence-corrected chi connectivity index (χ4v) is 2.13. The summed E-state index contributed by atoms with van der Waals surface area (Å²) in [5.41, 5.74) is 9.12. The molecule has 1 heterocycles. The van der Waals surface area contributed by atoms with Crippen LogP contribution in [0, 0.1) is 12.7 Å². The summed E-state index contributed by atoms with van der Waals surface area (Å²) in [7, 11) is 0. The molecular formula is C11H10BrFN4S. The third-order valence-electron chi connectivity index (χ3n) is 2.24. The predicted molar refractivity (Wildman–Crippen MR) is 76.6 cm³/mol. The van der Waals surface area contributed by atoms with Crippen LogP contribution in [0.4, 0.5) is 15.3 Å². The number of aromatic nitrogens is 1. The Balaban J connectivity index is 2.12. The first kappa shape index (κ1) is 13.0. The van der Waals surface area contributed by atoms with E-state index in [2.05, 4.69) is 31.4 Å². The normalized spacial score (nSPS) is 11.1. The van der Waals surface area contributed by atoms with Gasteiger partial charge in [-0.05, 0) is 24.6 Å². The maximum atomic E-state index is 13.8. The van der Waals surface area contributed by atoms with Crippen LogP contribution in [0.5, 0.6) is 0 Å². The second kappa shape index (κ2) is 5.45. The van der Waals surface area contributed by atoms with Crippen LogP contribution < -0.4 is 11.2 Å². The minimum atomic E-state index is -0.298. The maximum Gasteiger partial charge on any atom is 0.205 e. The Hall–Kier alpha value is -1.47. The minimum absolute atomic E-state index is 0.298. The lowest BCUT2D eigenvalue weighted by molar-refractivity contribution is 0.615. The van der Waals surface area contributed by atoms with E-state index in [4.69, 9.17) is 5.73 Å². The Labute approximate surface area is 116 Å². The van der Waals surface area contributed by atoms with Crippen molar-refractivity contribution < 1.29 is 4.39 Å². The lowest BCUT2D eigenvalue weighted by atomic mass is 10.1. The molecule has 3 N–H and O–H groups in total. The van der Waals surface area contributed by atoms with E-state index in [9.17, 15) is 4.39 Å². The second-order valence-electron chi connectivity index (χ2n) is 3.52. The molecule has 0 saturated carbocycles. The molecule has 0 aliphatic heterocycles. The molecular weight excluding hydrogens is 319 g/mol. The smallest absolute Gasteiger partial charge is 0.205 e. The zero-order valence-electron chi connectivity index (χ0n) is 9.45. The Morgan fingerprint density at radius 3 is 3.00 bits per heavy atom. The summed E-state index contributed by atoms with van der Waals surface area (Å²) in [6.07, 6.45) is 1.41. The molecule has 0 amide bonds. The van der Waals surface area contributed by atoms with Gasteiger partial charge in [-0.15, -0.1) is 11.3 Å². The minimum Gasteiger partial charge on any atom is -0.383 e. The number of anilines is 2. The summed E-state index contributed by atoms with van der Waals surface area (Å²) in [4.78, 5) is 3.97. The quantitative estimate of drug-likeness (QED) is 0.670. The third kappa shape index (κ3) is 2.85. The zero-order valence-corrected chi connectivity index (χ0v) is 11.8. The molecule has 0 saturated heterocycles. The fraction of sp³-hybridized carbons (Fsp3) is 0.0909. The molecule has 0 fully saturated rings. The van der Waals surface area contributed by atoms with Gasteiger partial charge in [0.25, 0.3) is 0 Å². The molecule has 1 aromatic carbocycles. The Morgan fingerprint density at radius 1 is 1.56 bits per heavy atom. The number of nitrogens with two attached hydrogens (primary N) is 1. The average Bonchev–Trinajstić information content (AvgIpc) is 2.75. The van der Waals surface area contributed by atoms with Gasteiger partial charge in [0.2, 0.25) is 5.13 Å². The molecule has 18 heavy (non-hydrogen) atoms. The van der Waals surface area contributed by atoms with E-state index in [0.29, 0.717) is 22.1 Å². The highest BCUT2D eigenvalue weighted by Crippen LogP contribution is 2.21. The van der Waals surface area contributed by atoms with Gasteiger partial charge in [-0.3, -0.25) is 5.43 Å². The summed E-state index contributed by atoms with van der Waals surface area (Å²) in [5.74, 6) is 0.136. The zero-order chi connectivity index (χ0) is 13.1. The van der Waals surface area contributed by atoms with Gasteiger partial charge in [0, 0.05) is 15.4 Å². The Kier molecular flexibility index (Phi) is 3.93. The van der Waals surface area contributed by atoms with E-state index in [1.165, 1.54) is 17.6 Å². The van der Waals surface area contributed by atoms with Crippen LogP contribution in [-0.4, -0.2) is 11.2 Å². The predicted octanol–water partition coefficient (Wildman–Crippen LogP) is 3.38. The summed E-state index contributed by atoms with van der Waals surface area (Å²) < 4.78 is 14.5. The number of benzene rings is 1. The van der Waals surface area contributed by atoms with Crippen LogP contribution in [0.3, 0.4) is 0 Å². The second-order valence-corrected chi connectivity index (χ2v) is 5.24. The van der Waals surface area contributed by atoms with Crippen LogP contribution in [0.2, 0.25) is 0 Å². The maximum absolute atomic E-state index is 13.8. The number of hydrogen-bond acceptors (Lipinski definition) is 5. The van der Waals surface area contributed by atoms with Crippen molar-refractivity contribution in [1.82, 2.24) is 4.98 Å². The number of halogens is 2. The topological polar surface area (TPSA) is 63.3 Å². The summed E-state index contributed by atoms with van der Waals surface area (Å²) in [6.45, 7) is 1.70. The third-order valence-corrected chi connectivity index (χ3v) is 3.86. The SMILES string of the molecule is Cc1c(Br)ccc(C=NNc2nc(N)cs2)c1F. The Bertz CT molecular complexity index is 597. The molecule has 0 unspecified atom stereocenters. The molecule has 0 bridgehead atoms. The monoisotopic (exact) mass is 328 g/mol. The van der Waals surface area contributed by atoms with Gasteiger partial charge in [0.1, 0.15) is 11.6 Å². The van der Waals surface area contributed by atoms with Gasteiger partial charge < -0.3 is 5.73 Å². The Morgan fingerprint density at radius 2 is 2.33 bits per heavy atom. The highest BCUT2D eigenvalue weighted by molar-refractivity contribution is 9.10. The van der Waals surface area contributed by atoms with Gasteiger partial charge in [0.15, 0.2) is 0 Å². The van der Waals surface area contributed by atoms with Crippen molar-refractivity contribution in [3.05, 3.63) is 38.9 Å². The number of nitrogens with zero attached hydrogens (tertiary/aromatic N) is 2. The van der Waals surface area contributed by atoms with Crippen LogP contribution in [-0.2, 0) is 0 Å². The lowest BCUT2D eigenvalue weighted by Crippen LogP contribution is -1.96. The largest absolute Gasteiger partial charge is 0.383 e. The van der Waals surface area contributed by atoms with Crippen molar-refractivity contribution in [2.24, 2.45) is 5.10 Å². The van der Waals surface area contributed by atoms with E-state index < -0.39 is 0 Å². The highest BCUT2D eigenvalue weighted by atomic mass is 79.9. The molecule has 2 aromatic rings. The number of hydrazone groups is 1. The van der Waals surface area contributed by atoms with Crippen LogP contribution in [0.15, 0.2) is 27.1 Å². The molecule has 0 aliphatic carbocycles. The first-order valence-corrected chi connectivity index (χ1v) is 6.70. The van der Waals surface area contributed by atoms with Crippen LogP contribution in [0.25, 0.3) is 0 Å². The fourth-order valence-electron chi connectivity index (χ4n) is 1.28. The summed E-state index contributed by atoms with van der Waals surface area (Å²) >= 11 is 4.60. The van der Waals surface area contributed by atoms with Crippen molar-refractivity contribution >= 4 is 44.4 Å². The van der Waals surface area contributed by atoms with Crippen molar-refractivity contribution in [2.75, 3.05) is 11.2 Å². The van der Waals surface area contributed by atoms with Crippen LogP contribution in [0.1, 0.15) is 11.1 Å². The van der Waals surface area contributed by atoms with Crippen molar-refractivity contribution in [3.8, 4) is 0 Å². The van der Waals surface area contributed by atoms with Crippen molar-refractivity contribution in [2.45, 2.75) is 6.92 Å². The van der Waals surface area contributed by atoms with Gasteiger partial charge in [-0.1, -0.05) is 15.9 Å². The van der Waals surface area contributed by atoms with Crippen molar-refractivity contribution in [3.63, 3.8) is 0 Å². The molecule has 0 atom stereocenters. The number of hydrogen-bond donors (Lipinski definition) is 2. The van der Waals surface area contributed by atoms with E-state index >= 15 is 0 Å². The highest BCUT2D eigenvalue weighted by Gasteiger charge is 2.06. The number of rotatable bonds is 3.